The number of nitrogens with two attached hydrogens (primary N) is 1. The lowest BCUT2D eigenvalue weighted by atomic mass is 10.0. The van der Waals surface area contributed by atoms with Gasteiger partial charge in [0.2, 0.25) is 0 Å². The van der Waals surface area contributed by atoms with Crippen LogP contribution in [0.4, 0.5) is 0 Å². The van der Waals surface area contributed by atoms with Crippen LogP contribution >= 0.6 is 15.9 Å². The van der Waals surface area contributed by atoms with Gasteiger partial charge in [0.15, 0.2) is 0 Å². The molecule has 1 rings (SSSR count). The zero-order valence-electron chi connectivity index (χ0n) is 9.41. The first-order valence-corrected chi connectivity index (χ1v) is 5.96. The molecule has 0 amide bonds. The molecule has 0 aliphatic rings. The van der Waals surface area contributed by atoms with Crippen molar-refractivity contribution in [2.75, 3.05) is 0 Å². The summed E-state index contributed by atoms with van der Waals surface area (Å²) in [5, 5.41) is 0. The fraction of sp³-hybridized carbons (Fsp3) is 0.500. The second-order valence-electron chi connectivity index (χ2n) is 4.02. The Labute approximate surface area is 99.9 Å². The number of halogens is 1. The number of rotatable bonds is 4. The van der Waals surface area contributed by atoms with Crippen LogP contribution in [0.5, 0.6) is 0 Å². The highest BCUT2D eigenvalue weighted by Crippen LogP contribution is 2.23. The third-order valence-electron chi connectivity index (χ3n) is 2.09. The SMILES string of the molecule is CC(C)OC(c1ccc(Br)cc1)C(C)N. The van der Waals surface area contributed by atoms with Crippen LogP contribution in [0.15, 0.2) is 28.7 Å². The summed E-state index contributed by atoms with van der Waals surface area (Å²) in [5.41, 5.74) is 7.05. The van der Waals surface area contributed by atoms with Gasteiger partial charge in [0.1, 0.15) is 0 Å². The molecule has 3 heteroatoms. The van der Waals surface area contributed by atoms with E-state index < -0.39 is 0 Å². The third-order valence-corrected chi connectivity index (χ3v) is 2.62. The minimum atomic E-state index is -0.0295. The molecule has 1 aromatic rings. The van der Waals surface area contributed by atoms with E-state index in [1.807, 2.05) is 45.0 Å². The molecule has 0 aliphatic carbocycles. The van der Waals surface area contributed by atoms with Crippen LogP contribution < -0.4 is 5.73 Å². The first-order chi connectivity index (χ1) is 7.00. The van der Waals surface area contributed by atoms with E-state index in [1.165, 1.54) is 0 Å². The fourth-order valence-electron chi connectivity index (χ4n) is 1.45. The van der Waals surface area contributed by atoms with Gasteiger partial charge >= 0.3 is 0 Å². The Kier molecular flexibility index (Phi) is 4.77. The standard InChI is InChI=1S/C12H18BrNO/c1-8(2)15-12(9(3)14)10-4-6-11(13)7-5-10/h4-9,12H,14H2,1-3H3. The molecule has 2 unspecified atom stereocenters. The summed E-state index contributed by atoms with van der Waals surface area (Å²) < 4.78 is 6.87. The molecule has 0 heterocycles. The average molecular weight is 272 g/mol. The van der Waals surface area contributed by atoms with Gasteiger partial charge in [-0.15, -0.1) is 0 Å². The Morgan fingerprint density at radius 1 is 1.13 bits per heavy atom. The highest BCUT2D eigenvalue weighted by molar-refractivity contribution is 9.10. The Morgan fingerprint density at radius 3 is 2.07 bits per heavy atom. The summed E-state index contributed by atoms with van der Waals surface area (Å²) in [7, 11) is 0. The van der Waals surface area contributed by atoms with Crippen LogP contribution in [0.3, 0.4) is 0 Å². The van der Waals surface area contributed by atoms with Gasteiger partial charge in [-0.25, -0.2) is 0 Å². The van der Waals surface area contributed by atoms with Crippen LogP contribution in [0.25, 0.3) is 0 Å². The van der Waals surface area contributed by atoms with Gasteiger partial charge in [-0.2, -0.15) is 0 Å². The lowest BCUT2D eigenvalue weighted by Crippen LogP contribution is -2.28. The van der Waals surface area contributed by atoms with Crippen molar-refractivity contribution in [2.45, 2.75) is 39.0 Å². The minimum absolute atomic E-state index is 0.00595. The van der Waals surface area contributed by atoms with Crippen molar-refractivity contribution in [3.63, 3.8) is 0 Å². The number of ether oxygens (including phenoxy) is 1. The van der Waals surface area contributed by atoms with Crippen LogP contribution in [0.1, 0.15) is 32.4 Å². The van der Waals surface area contributed by atoms with Crippen molar-refractivity contribution in [2.24, 2.45) is 5.73 Å². The quantitative estimate of drug-likeness (QED) is 0.913. The van der Waals surface area contributed by atoms with E-state index in [0.29, 0.717) is 0 Å². The second-order valence-corrected chi connectivity index (χ2v) is 4.93. The summed E-state index contributed by atoms with van der Waals surface area (Å²) in [5.74, 6) is 0. The Bertz CT molecular complexity index is 295. The molecule has 2 atom stereocenters. The molecule has 1 aromatic carbocycles. The second kappa shape index (κ2) is 5.64. The zero-order valence-corrected chi connectivity index (χ0v) is 11.0. The third kappa shape index (κ3) is 3.93. The Hall–Kier alpha value is -0.380. The van der Waals surface area contributed by atoms with Crippen molar-refractivity contribution >= 4 is 15.9 Å². The zero-order chi connectivity index (χ0) is 11.4. The van der Waals surface area contributed by atoms with Gasteiger partial charge in [-0.1, -0.05) is 28.1 Å². The smallest absolute Gasteiger partial charge is 0.0976 e. The molecule has 15 heavy (non-hydrogen) atoms. The summed E-state index contributed by atoms with van der Waals surface area (Å²) >= 11 is 3.41. The molecule has 0 aliphatic heterocycles. The largest absolute Gasteiger partial charge is 0.369 e. The molecular formula is C12H18BrNO. The van der Waals surface area contributed by atoms with Gasteiger partial charge < -0.3 is 10.5 Å². The van der Waals surface area contributed by atoms with E-state index in [9.17, 15) is 0 Å². The van der Waals surface area contributed by atoms with Gasteiger partial charge in [-0.3, -0.25) is 0 Å². The van der Waals surface area contributed by atoms with Crippen LogP contribution in [-0.2, 0) is 4.74 Å². The molecule has 0 radical (unpaired) electrons. The maximum Gasteiger partial charge on any atom is 0.0976 e. The maximum absolute atomic E-state index is 5.92. The van der Waals surface area contributed by atoms with E-state index >= 15 is 0 Å². The first kappa shape index (κ1) is 12.7. The molecule has 2 nitrogen and oxygen atoms in total. The van der Waals surface area contributed by atoms with Gasteiger partial charge in [-0.05, 0) is 38.5 Å². The van der Waals surface area contributed by atoms with E-state index in [-0.39, 0.29) is 18.2 Å². The first-order valence-electron chi connectivity index (χ1n) is 5.17. The normalized spacial score (nSPS) is 15.3. The molecule has 0 bridgehead atoms. The molecular weight excluding hydrogens is 254 g/mol. The lowest BCUT2D eigenvalue weighted by Gasteiger charge is -2.24. The average Bonchev–Trinajstić information content (AvgIpc) is 2.15. The summed E-state index contributed by atoms with van der Waals surface area (Å²) in [6.45, 7) is 6.01. The van der Waals surface area contributed by atoms with Crippen molar-refractivity contribution in [3.8, 4) is 0 Å². The predicted molar refractivity (Wildman–Crippen MR) is 66.8 cm³/mol. The van der Waals surface area contributed by atoms with Gasteiger partial charge in [0, 0.05) is 10.5 Å². The monoisotopic (exact) mass is 271 g/mol. The molecule has 0 saturated carbocycles. The predicted octanol–water partition coefficient (Wildman–Crippen LogP) is 3.26. The molecule has 0 saturated heterocycles. The summed E-state index contributed by atoms with van der Waals surface area (Å²) in [4.78, 5) is 0. The van der Waals surface area contributed by atoms with Gasteiger partial charge in [0.25, 0.3) is 0 Å². The minimum Gasteiger partial charge on any atom is -0.369 e. The summed E-state index contributed by atoms with van der Waals surface area (Å²) in [6, 6.07) is 8.10. The van der Waals surface area contributed by atoms with E-state index in [1.54, 1.807) is 0 Å². The van der Waals surface area contributed by atoms with Crippen molar-refractivity contribution in [1.29, 1.82) is 0 Å². The van der Waals surface area contributed by atoms with Gasteiger partial charge in [0.05, 0.1) is 12.2 Å². The van der Waals surface area contributed by atoms with Crippen molar-refractivity contribution < 1.29 is 4.74 Å². The Morgan fingerprint density at radius 2 is 1.67 bits per heavy atom. The highest BCUT2D eigenvalue weighted by atomic mass is 79.9. The van der Waals surface area contributed by atoms with E-state index in [2.05, 4.69) is 15.9 Å². The maximum atomic E-state index is 5.92. The Balaban J connectivity index is 2.84. The molecule has 0 fully saturated rings. The van der Waals surface area contributed by atoms with Crippen LogP contribution in [0.2, 0.25) is 0 Å². The topological polar surface area (TPSA) is 35.2 Å². The molecule has 0 aromatic heterocycles. The molecule has 0 spiro atoms. The fourth-order valence-corrected chi connectivity index (χ4v) is 1.72. The lowest BCUT2D eigenvalue weighted by molar-refractivity contribution is -0.00512. The molecule has 2 N–H and O–H groups in total. The molecule has 84 valence electrons. The van der Waals surface area contributed by atoms with Crippen LogP contribution in [0, 0.1) is 0 Å². The highest BCUT2D eigenvalue weighted by Gasteiger charge is 2.17. The number of hydrogen-bond acceptors (Lipinski definition) is 2. The van der Waals surface area contributed by atoms with Crippen LogP contribution in [-0.4, -0.2) is 12.1 Å². The van der Waals surface area contributed by atoms with Crippen molar-refractivity contribution in [3.05, 3.63) is 34.3 Å². The van der Waals surface area contributed by atoms with Crippen molar-refractivity contribution in [1.82, 2.24) is 0 Å². The number of benzene rings is 1. The van der Waals surface area contributed by atoms with E-state index in [4.69, 9.17) is 10.5 Å². The number of hydrogen-bond donors (Lipinski definition) is 1. The van der Waals surface area contributed by atoms with E-state index in [0.717, 1.165) is 10.0 Å². The summed E-state index contributed by atoms with van der Waals surface area (Å²) in [6.07, 6.45) is 0.155.